The molecule has 1 heterocycles. The molecule has 0 bridgehead atoms. The minimum Gasteiger partial charge on any atom is -0.493 e. The Labute approximate surface area is 210 Å². The number of ether oxygens (including phenoxy) is 1. The normalized spacial score (nSPS) is 19.6. The summed E-state index contributed by atoms with van der Waals surface area (Å²) >= 11 is 0. The Morgan fingerprint density at radius 3 is 2.54 bits per heavy atom. The predicted octanol–water partition coefficient (Wildman–Crippen LogP) is 4.59. The quantitative estimate of drug-likeness (QED) is 0.154. The van der Waals surface area contributed by atoms with Crippen LogP contribution >= 0.6 is 0 Å². The summed E-state index contributed by atoms with van der Waals surface area (Å²) in [5, 5.41) is 16.0. The lowest BCUT2D eigenvalue weighted by molar-refractivity contribution is -0.104. The Bertz CT molecular complexity index is 1000. The van der Waals surface area contributed by atoms with Crippen molar-refractivity contribution in [2.24, 2.45) is 16.6 Å². The lowest BCUT2D eigenvalue weighted by Crippen LogP contribution is -2.21. The molecule has 1 aliphatic heterocycles. The van der Waals surface area contributed by atoms with Crippen molar-refractivity contribution in [2.75, 3.05) is 20.6 Å². The number of allylic oxidation sites excluding steroid dienone is 8. The highest BCUT2D eigenvalue weighted by Crippen LogP contribution is 2.24. The van der Waals surface area contributed by atoms with Crippen molar-refractivity contribution in [1.29, 1.82) is 5.26 Å². The van der Waals surface area contributed by atoms with Gasteiger partial charge in [0.05, 0.1) is 12.2 Å². The number of aliphatic imine (C=N–C) groups is 1. The predicted molar refractivity (Wildman–Crippen MR) is 144 cm³/mol. The first-order valence-corrected chi connectivity index (χ1v) is 12.1. The van der Waals surface area contributed by atoms with Crippen molar-refractivity contribution in [1.82, 2.24) is 10.6 Å². The van der Waals surface area contributed by atoms with Gasteiger partial charge in [0.25, 0.3) is 0 Å². The SMILES string of the molecule is CCCC(CCNC)O/C(=C/C=C(C)/C(N)=C1C=C(/C(C)=C/C=C(\C)C=O)NC\1=N\C)C(C)C#N. The Kier molecular flexibility index (Phi) is 13.1. The van der Waals surface area contributed by atoms with Crippen LogP contribution in [0.2, 0.25) is 0 Å². The number of nitrogens with two attached hydrogens (primary N) is 1. The van der Waals surface area contributed by atoms with Crippen LogP contribution in [0.1, 0.15) is 53.9 Å². The first kappa shape index (κ1) is 29.7. The van der Waals surface area contributed by atoms with Crippen LogP contribution in [-0.2, 0) is 9.53 Å². The first-order chi connectivity index (χ1) is 16.7. The van der Waals surface area contributed by atoms with Gasteiger partial charge in [0.1, 0.15) is 23.8 Å². The van der Waals surface area contributed by atoms with Gasteiger partial charge < -0.3 is 21.1 Å². The molecule has 2 atom stereocenters. The summed E-state index contributed by atoms with van der Waals surface area (Å²) in [6, 6.07) is 2.28. The minimum absolute atomic E-state index is 0.0499. The van der Waals surface area contributed by atoms with Crippen molar-refractivity contribution in [3.8, 4) is 6.07 Å². The van der Waals surface area contributed by atoms with Crippen LogP contribution < -0.4 is 16.4 Å². The second-order valence-corrected chi connectivity index (χ2v) is 8.65. The van der Waals surface area contributed by atoms with Crippen molar-refractivity contribution >= 4 is 12.1 Å². The summed E-state index contributed by atoms with van der Waals surface area (Å²) in [5.41, 5.74) is 11.2. The lowest BCUT2D eigenvalue weighted by atomic mass is 10.1. The van der Waals surface area contributed by atoms with E-state index in [1.807, 2.05) is 52.1 Å². The second kappa shape index (κ2) is 15.5. The Morgan fingerprint density at radius 1 is 1.26 bits per heavy atom. The maximum atomic E-state index is 10.9. The number of carbonyl (C=O) groups excluding carboxylic acids is 1. The number of hydrogen-bond acceptors (Lipinski definition) is 6. The molecule has 1 aliphatic rings. The Hall–Kier alpha value is -3.37. The number of nitrogens with zero attached hydrogens (tertiary/aromatic N) is 2. The Morgan fingerprint density at radius 2 is 1.97 bits per heavy atom. The average molecular weight is 480 g/mol. The van der Waals surface area contributed by atoms with E-state index in [0.29, 0.717) is 22.9 Å². The van der Waals surface area contributed by atoms with Crippen LogP contribution in [0.15, 0.2) is 74.8 Å². The van der Waals surface area contributed by atoms with Gasteiger partial charge >= 0.3 is 0 Å². The van der Waals surface area contributed by atoms with Crippen molar-refractivity contribution in [3.63, 3.8) is 0 Å². The molecule has 0 aromatic rings. The molecule has 0 spiro atoms. The van der Waals surface area contributed by atoms with E-state index >= 15 is 0 Å². The third kappa shape index (κ3) is 9.42. The Balaban J connectivity index is 3.31. The molecule has 7 heteroatoms. The first-order valence-electron chi connectivity index (χ1n) is 12.1. The highest BCUT2D eigenvalue weighted by atomic mass is 16.5. The summed E-state index contributed by atoms with van der Waals surface area (Å²) in [4.78, 5) is 15.2. The number of nitrogens with one attached hydrogen (secondary N) is 2. The van der Waals surface area contributed by atoms with Gasteiger partial charge in [-0.25, -0.2) is 0 Å². The largest absolute Gasteiger partial charge is 0.493 e. The maximum absolute atomic E-state index is 10.9. The fourth-order valence-corrected chi connectivity index (χ4v) is 3.36. The molecular formula is C28H41N5O2. The molecule has 7 nitrogen and oxygen atoms in total. The second-order valence-electron chi connectivity index (χ2n) is 8.65. The highest BCUT2D eigenvalue weighted by molar-refractivity contribution is 6.06. The molecule has 0 saturated heterocycles. The fraction of sp³-hybridized carbons (Fsp3) is 0.464. The zero-order valence-corrected chi connectivity index (χ0v) is 22.2. The highest BCUT2D eigenvalue weighted by Gasteiger charge is 2.20. The molecule has 2 unspecified atom stereocenters. The molecule has 0 fully saturated rings. The van der Waals surface area contributed by atoms with E-state index < -0.39 is 0 Å². The molecule has 0 amide bonds. The van der Waals surface area contributed by atoms with E-state index in [1.165, 1.54) is 0 Å². The summed E-state index contributed by atoms with van der Waals surface area (Å²) < 4.78 is 6.26. The topological polar surface area (TPSA) is 113 Å². The number of rotatable bonds is 13. The smallest absolute Gasteiger partial charge is 0.145 e. The van der Waals surface area contributed by atoms with Crippen LogP contribution in [0.3, 0.4) is 0 Å². The fourth-order valence-electron chi connectivity index (χ4n) is 3.36. The van der Waals surface area contributed by atoms with Crippen LogP contribution in [0.5, 0.6) is 0 Å². The number of aldehydes is 1. The van der Waals surface area contributed by atoms with E-state index in [1.54, 1.807) is 20.0 Å². The average Bonchev–Trinajstić information content (AvgIpc) is 3.31. The van der Waals surface area contributed by atoms with E-state index in [0.717, 1.165) is 54.5 Å². The van der Waals surface area contributed by atoms with Gasteiger partial charge in [-0.05, 0) is 83.0 Å². The molecule has 1 rings (SSSR count). The van der Waals surface area contributed by atoms with E-state index in [9.17, 15) is 10.1 Å². The van der Waals surface area contributed by atoms with E-state index in [4.69, 9.17) is 10.5 Å². The minimum atomic E-state index is -0.370. The van der Waals surface area contributed by atoms with Crippen LogP contribution in [0.25, 0.3) is 0 Å². The van der Waals surface area contributed by atoms with Gasteiger partial charge in [-0.2, -0.15) is 5.26 Å². The third-order valence-corrected chi connectivity index (χ3v) is 5.69. The van der Waals surface area contributed by atoms with Crippen molar-refractivity contribution < 1.29 is 9.53 Å². The molecule has 0 radical (unpaired) electrons. The molecule has 190 valence electrons. The van der Waals surface area contributed by atoms with Gasteiger partial charge in [-0.1, -0.05) is 31.6 Å². The van der Waals surface area contributed by atoms with Crippen LogP contribution in [0, 0.1) is 17.2 Å². The van der Waals surface area contributed by atoms with Crippen LogP contribution in [0.4, 0.5) is 0 Å². The molecule has 0 aromatic carbocycles. The van der Waals surface area contributed by atoms with Crippen molar-refractivity contribution in [3.05, 3.63) is 69.8 Å². The van der Waals surface area contributed by atoms with Gasteiger partial charge in [0, 0.05) is 24.0 Å². The molecule has 0 aromatic heterocycles. The maximum Gasteiger partial charge on any atom is 0.145 e. The summed E-state index contributed by atoms with van der Waals surface area (Å²) in [7, 11) is 3.63. The van der Waals surface area contributed by atoms with Gasteiger partial charge in [0.15, 0.2) is 0 Å². The number of nitriles is 1. The van der Waals surface area contributed by atoms with E-state index in [-0.39, 0.29) is 12.0 Å². The standard InChI is InChI=1S/C28H41N5O2/c1-8-9-23(14-15-31-6)35-26(22(5)17-29)13-12-21(4)27(30)24-16-25(33-28(24)32-7)20(3)11-10-19(2)18-34/h10-13,16,18,22-23,31H,8-9,14-15,30H2,1-7H3,(H,32,33)/b19-10+,20-11+,21-12+,26-13+,27-24-. The number of amidine groups is 1. The van der Waals surface area contributed by atoms with Gasteiger partial charge in [0.2, 0.25) is 0 Å². The van der Waals surface area contributed by atoms with Gasteiger partial charge in [-0.3, -0.25) is 9.79 Å². The van der Waals surface area contributed by atoms with Crippen molar-refractivity contribution in [2.45, 2.75) is 60.0 Å². The van der Waals surface area contributed by atoms with Gasteiger partial charge in [-0.15, -0.1) is 0 Å². The third-order valence-electron chi connectivity index (χ3n) is 5.69. The molecule has 0 saturated carbocycles. The summed E-state index contributed by atoms with van der Waals surface area (Å²) in [5.74, 6) is 0.945. The van der Waals surface area contributed by atoms with Crippen LogP contribution in [-0.4, -0.2) is 38.9 Å². The molecule has 4 N–H and O–H groups in total. The summed E-state index contributed by atoms with van der Waals surface area (Å²) in [6.45, 7) is 10.5. The molecule has 0 aliphatic carbocycles. The zero-order chi connectivity index (χ0) is 26.4. The zero-order valence-electron chi connectivity index (χ0n) is 22.2. The number of hydrogen-bond donors (Lipinski definition) is 3. The molecular weight excluding hydrogens is 438 g/mol. The molecule has 35 heavy (non-hydrogen) atoms. The monoisotopic (exact) mass is 479 g/mol. The number of carbonyl (C=O) groups is 1. The lowest BCUT2D eigenvalue weighted by Gasteiger charge is -2.22. The summed E-state index contributed by atoms with van der Waals surface area (Å²) in [6.07, 6.45) is 13.0. The van der Waals surface area contributed by atoms with E-state index in [2.05, 4.69) is 28.6 Å².